The molecule has 1 aliphatic carbocycles. The second kappa shape index (κ2) is 6.34. The van der Waals surface area contributed by atoms with Crippen LogP contribution in [0.25, 0.3) is 0 Å². The first-order valence-electron chi connectivity index (χ1n) is 6.81. The second-order valence-electron chi connectivity index (χ2n) is 5.05. The lowest BCUT2D eigenvalue weighted by Gasteiger charge is -2.28. The van der Waals surface area contributed by atoms with Crippen LogP contribution in [0.5, 0.6) is 5.75 Å². The van der Waals surface area contributed by atoms with Gasteiger partial charge < -0.3 is 26.3 Å². The number of hydrogen-bond acceptors (Lipinski definition) is 4. The van der Waals surface area contributed by atoms with Gasteiger partial charge in [0.15, 0.2) is 5.84 Å². The van der Waals surface area contributed by atoms with Gasteiger partial charge in [-0.2, -0.15) is 0 Å². The molecule has 2 amide bonds. The molecule has 1 saturated carbocycles. The van der Waals surface area contributed by atoms with Crippen molar-refractivity contribution >= 4 is 17.6 Å². The minimum atomic E-state index is -0.777. The Kier molecular flexibility index (Phi) is 4.52. The third-order valence-electron chi connectivity index (χ3n) is 3.76. The largest absolute Gasteiger partial charge is 0.495 e. The highest BCUT2D eigenvalue weighted by Gasteiger charge is 2.39. The van der Waals surface area contributed by atoms with Crippen LogP contribution < -0.4 is 21.1 Å². The van der Waals surface area contributed by atoms with E-state index in [2.05, 4.69) is 15.8 Å². The number of nitrogens with one attached hydrogen (secondary N) is 2. The van der Waals surface area contributed by atoms with Gasteiger partial charge in [0, 0.05) is 0 Å². The highest BCUT2D eigenvalue weighted by molar-refractivity contribution is 5.98. The first-order chi connectivity index (χ1) is 10.1. The Morgan fingerprint density at radius 3 is 2.67 bits per heavy atom. The molecule has 0 unspecified atom stereocenters. The van der Waals surface area contributed by atoms with Crippen LogP contribution in [0, 0.1) is 0 Å². The van der Waals surface area contributed by atoms with Crippen LogP contribution in [0.1, 0.15) is 25.7 Å². The smallest absolute Gasteiger partial charge is 0.320 e. The van der Waals surface area contributed by atoms with Gasteiger partial charge in [-0.3, -0.25) is 0 Å². The summed E-state index contributed by atoms with van der Waals surface area (Å²) in [5, 5.41) is 17.5. The molecule has 1 aliphatic rings. The van der Waals surface area contributed by atoms with E-state index in [1.54, 1.807) is 18.2 Å². The molecular formula is C14H20N4O3. The van der Waals surface area contributed by atoms with Gasteiger partial charge >= 0.3 is 6.03 Å². The second-order valence-corrected chi connectivity index (χ2v) is 5.05. The van der Waals surface area contributed by atoms with Gasteiger partial charge in [-0.25, -0.2) is 4.79 Å². The van der Waals surface area contributed by atoms with Crippen molar-refractivity contribution in [3.8, 4) is 5.75 Å². The van der Waals surface area contributed by atoms with E-state index in [-0.39, 0.29) is 5.84 Å². The Hall–Kier alpha value is -2.44. The SMILES string of the molecule is COc1ccccc1NC(=O)NC1(/C(N)=N/O)CCCC1. The number of anilines is 1. The van der Waals surface area contributed by atoms with Crippen LogP contribution in [0.2, 0.25) is 0 Å². The van der Waals surface area contributed by atoms with Crippen LogP contribution in [0.4, 0.5) is 10.5 Å². The lowest BCUT2D eigenvalue weighted by Crippen LogP contribution is -2.56. The summed E-state index contributed by atoms with van der Waals surface area (Å²) in [5.74, 6) is 0.604. The molecule has 21 heavy (non-hydrogen) atoms. The summed E-state index contributed by atoms with van der Waals surface area (Å²) in [5.41, 5.74) is 5.53. The van der Waals surface area contributed by atoms with Gasteiger partial charge in [-0.05, 0) is 25.0 Å². The van der Waals surface area contributed by atoms with Crippen molar-refractivity contribution in [2.24, 2.45) is 10.9 Å². The Morgan fingerprint density at radius 1 is 1.38 bits per heavy atom. The number of ether oxygens (including phenoxy) is 1. The van der Waals surface area contributed by atoms with Crippen molar-refractivity contribution in [2.45, 2.75) is 31.2 Å². The van der Waals surface area contributed by atoms with Crippen molar-refractivity contribution in [3.05, 3.63) is 24.3 Å². The molecule has 2 rings (SSSR count). The van der Waals surface area contributed by atoms with E-state index >= 15 is 0 Å². The van der Waals surface area contributed by atoms with Crippen LogP contribution in [-0.4, -0.2) is 29.7 Å². The highest BCUT2D eigenvalue weighted by Crippen LogP contribution is 2.30. The lowest BCUT2D eigenvalue weighted by atomic mass is 9.96. The van der Waals surface area contributed by atoms with E-state index in [1.165, 1.54) is 7.11 Å². The Balaban J connectivity index is 2.10. The van der Waals surface area contributed by atoms with Gasteiger partial charge in [0.25, 0.3) is 0 Å². The number of carbonyl (C=O) groups is 1. The number of oxime groups is 1. The third kappa shape index (κ3) is 3.18. The van der Waals surface area contributed by atoms with E-state index in [0.717, 1.165) is 12.8 Å². The maximum absolute atomic E-state index is 12.2. The minimum absolute atomic E-state index is 0.0372. The number of nitrogens with zero attached hydrogens (tertiary/aromatic N) is 1. The molecule has 5 N–H and O–H groups in total. The molecule has 7 nitrogen and oxygen atoms in total. The molecule has 0 heterocycles. The summed E-state index contributed by atoms with van der Waals surface area (Å²) in [7, 11) is 1.54. The Labute approximate surface area is 123 Å². The average Bonchev–Trinajstić information content (AvgIpc) is 2.96. The molecule has 0 bridgehead atoms. The fourth-order valence-electron chi connectivity index (χ4n) is 2.64. The maximum Gasteiger partial charge on any atom is 0.320 e. The van der Waals surface area contributed by atoms with E-state index in [1.807, 2.05) is 6.07 Å². The molecule has 114 valence electrons. The average molecular weight is 292 g/mol. The molecule has 1 fully saturated rings. The molecule has 0 aromatic heterocycles. The fraction of sp³-hybridized carbons (Fsp3) is 0.429. The van der Waals surface area contributed by atoms with Gasteiger partial charge in [0.1, 0.15) is 11.3 Å². The first kappa shape index (κ1) is 15.0. The van der Waals surface area contributed by atoms with E-state index in [0.29, 0.717) is 24.3 Å². The first-order valence-corrected chi connectivity index (χ1v) is 6.81. The normalized spacial score (nSPS) is 17.3. The summed E-state index contributed by atoms with van der Waals surface area (Å²) in [6.07, 6.45) is 3.15. The van der Waals surface area contributed by atoms with Crippen molar-refractivity contribution < 1.29 is 14.7 Å². The Bertz CT molecular complexity index is 539. The number of methoxy groups -OCH3 is 1. The number of amides is 2. The summed E-state index contributed by atoms with van der Waals surface area (Å²) in [6, 6.07) is 6.70. The van der Waals surface area contributed by atoms with Crippen LogP contribution >= 0.6 is 0 Å². The van der Waals surface area contributed by atoms with Crippen molar-refractivity contribution in [3.63, 3.8) is 0 Å². The van der Waals surface area contributed by atoms with Gasteiger partial charge in [0.2, 0.25) is 0 Å². The van der Waals surface area contributed by atoms with Crippen molar-refractivity contribution in [1.82, 2.24) is 5.32 Å². The van der Waals surface area contributed by atoms with Crippen LogP contribution in [-0.2, 0) is 0 Å². The minimum Gasteiger partial charge on any atom is -0.495 e. The van der Waals surface area contributed by atoms with Gasteiger partial charge in [-0.15, -0.1) is 0 Å². The highest BCUT2D eigenvalue weighted by atomic mass is 16.5. The van der Waals surface area contributed by atoms with Crippen LogP contribution in [0.15, 0.2) is 29.4 Å². The van der Waals surface area contributed by atoms with Crippen molar-refractivity contribution in [2.75, 3.05) is 12.4 Å². The van der Waals surface area contributed by atoms with Gasteiger partial charge in [-0.1, -0.05) is 30.1 Å². The number of hydrogen-bond donors (Lipinski definition) is 4. The predicted octanol–water partition coefficient (Wildman–Crippen LogP) is 1.88. The monoisotopic (exact) mass is 292 g/mol. The number of benzene rings is 1. The zero-order valence-corrected chi connectivity index (χ0v) is 11.9. The zero-order valence-electron chi connectivity index (χ0n) is 11.9. The molecule has 1 aromatic rings. The van der Waals surface area contributed by atoms with Crippen molar-refractivity contribution in [1.29, 1.82) is 0 Å². The number of amidine groups is 1. The number of carbonyl (C=O) groups excluding carboxylic acids is 1. The number of rotatable bonds is 4. The van der Waals surface area contributed by atoms with Gasteiger partial charge in [0.05, 0.1) is 12.8 Å². The lowest BCUT2D eigenvalue weighted by molar-refractivity contribution is 0.243. The zero-order chi connectivity index (χ0) is 15.3. The number of para-hydroxylation sites is 2. The fourth-order valence-corrected chi connectivity index (χ4v) is 2.64. The molecule has 0 aliphatic heterocycles. The molecule has 7 heteroatoms. The molecule has 0 atom stereocenters. The predicted molar refractivity (Wildman–Crippen MR) is 79.8 cm³/mol. The van der Waals surface area contributed by atoms with E-state index in [4.69, 9.17) is 15.7 Å². The van der Waals surface area contributed by atoms with E-state index < -0.39 is 11.6 Å². The molecule has 0 radical (unpaired) electrons. The maximum atomic E-state index is 12.2. The molecular weight excluding hydrogens is 272 g/mol. The number of urea groups is 1. The topological polar surface area (TPSA) is 109 Å². The quantitative estimate of drug-likeness (QED) is 0.294. The Morgan fingerprint density at radius 2 is 2.05 bits per heavy atom. The third-order valence-corrected chi connectivity index (χ3v) is 3.76. The summed E-state index contributed by atoms with van der Waals surface area (Å²) in [6.45, 7) is 0. The number of nitrogens with two attached hydrogens (primary N) is 1. The molecule has 0 spiro atoms. The molecule has 1 aromatic carbocycles. The van der Waals surface area contributed by atoms with E-state index in [9.17, 15) is 4.79 Å². The summed E-state index contributed by atoms with van der Waals surface area (Å²) < 4.78 is 5.18. The van der Waals surface area contributed by atoms with Crippen LogP contribution in [0.3, 0.4) is 0 Å². The summed E-state index contributed by atoms with van der Waals surface area (Å²) in [4.78, 5) is 12.2. The molecule has 0 saturated heterocycles. The summed E-state index contributed by atoms with van der Waals surface area (Å²) >= 11 is 0. The standard InChI is InChI=1S/C14H20N4O3/c1-21-11-7-3-2-6-10(11)16-13(19)17-14(12(15)18-20)8-4-5-9-14/h2-3,6-7,20H,4-5,8-9H2,1H3,(H2,15,18)(H2,16,17,19).